The average molecular weight is 632 g/mol. The van der Waals surface area contributed by atoms with E-state index in [1.54, 1.807) is 11.1 Å². The molecule has 1 unspecified atom stereocenters. The molecular weight excluding hydrogens is 592 g/mol. The Morgan fingerprint density at radius 1 is 1.00 bits per heavy atom. The Morgan fingerprint density at radius 2 is 1.63 bits per heavy atom. The Morgan fingerprint density at radius 3 is 2.27 bits per heavy atom. The molecule has 0 bridgehead atoms. The molecule has 0 aromatic carbocycles. The van der Waals surface area contributed by atoms with Crippen molar-refractivity contribution in [1.82, 2.24) is 14.9 Å². The van der Waals surface area contributed by atoms with Crippen LogP contribution in [-0.2, 0) is 14.2 Å². The van der Waals surface area contributed by atoms with Crippen LogP contribution in [0.4, 0.5) is 21.1 Å². The molecule has 2 amide bonds. The largest absolute Gasteiger partial charge is 0.481 e. The summed E-state index contributed by atoms with van der Waals surface area (Å²) in [6, 6.07) is 3.88. The molecule has 41 heavy (non-hydrogen) atoms. The molecule has 10 nitrogen and oxygen atoms in total. The molecule has 2 aromatic heterocycles. The molecular formula is C30H39BrN4O6. The number of fused-ring (bicyclic) bond motifs is 2. The van der Waals surface area contributed by atoms with E-state index >= 15 is 0 Å². The summed E-state index contributed by atoms with van der Waals surface area (Å²) >= 11 is 3.62. The summed E-state index contributed by atoms with van der Waals surface area (Å²) in [6.45, 7) is 15.3. The van der Waals surface area contributed by atoms with Crippen LogP contribution in [0.25, 0.3) is 0 Å². The van der Waals surface area contributed by atoms with Crippen LogP contribution >= 0.6 is 15.9 Å². The van der Waals surface area contributed by atoms with Gasteiger partial charge in [0.1, 0.15) is 28.8 Å². The van der Waals surface area contributed by atoms with Crippen LogP contribution in [0.1, 0.15) is 96.1 Å². The number of amides is 2. The molecule has 1 atom stereocenters. The molecule has 11 heteroatoms. The molecule has 2 fully saturated rings. The third-order valence-corrected chi connectivity index (χ3v) is 7.81. The van der Waals surface area contributed by atoms with E-state index in [4.69, 9.17) is 28.9 Å². The summed E-state index contributed by atoms with van der Waals surface area (Å²) in [5.74, 6) is 1.15. The zero-order chi connectivity index (χ0) is 29.7. The maximum Gasteiger partial charge on any atom is 0.420 e. The number of carbonyl (C=O) groups is 2. The number of pyridine rings is 2. The summed E-state index contributed by atoms with van der Waals surface area (Å²) in [5.41, 5.74) is 1.87. The highest BCUT2D eigenvalue weighted by Gasteiger charge is 2.41. The first kappa shape index (κ1) is 29.6. The van der Waals surface area contributed by atoms with Crippen molar-refractivity contribution >= 4 is 39.6 Å². The van der Waals surface area contributed by atoms with Gasteiger partial charge in [0.25, 0.3) is 0 Å². The van der Waals surface area contributed by atoms with Crippen molar-refractivity contribution in [3.05, 3.63) is 39.8 Å². The highest BCUT2D eigenvalue weighted by atomic mass is 79.9. The van der Waals surface area contributed by atoms with Gasteiger partial charge < -0.3 is 23.8 Å². The molecule has 2 aromatic rings. The SMILES string of the molecule is CC1Oc2c(cc(C3CN(C(=O)OC(C)(C)C)C3)nc2Br)N(C(=O)OC(C)(C)C)c2nccc(C3CCOCC3)c21. The number of likely N-dealkylation sites (tertiary alicyclic amines) is 1. The quantitative estimate of drug-likeness (QED) is 0.327. The molecule has 0 saturated carbocycles. The number of carbonyl (C=O) groups excluding carboxylic acids is 2. The van der Waals surface area contributed by atoms with E-state index in [0.29, 0.717) is 48.2 Å². The average Bonchev–Trinajstić information content (AvgIpc) is 2.96. The maximum absolute atomic E-state index is 13.9. The number of hydrogen-bond acceptors (Lipinski definition) is 8. The van der Waals surface area contributed by atoms with Crippen molar-refractivity contribution in [2.24, 2.45) is 0 Å². The van der Waals surface area contributed by atoms with Crippen LogP contribution in [0.3, 0.4) is 0 Å². The van der Waals surface area contributed by atoms with Crippen molar-refractivity contribution in [1.29, 1.82) is 0 Å². The number of nitrogens with zero attached hydrogens (tertiary/aromatic N) is 4. The second-order valence-electron chi connectivity index (χ2n) is 12.9. The highest BCUT2D eigenvalue weighted by molar-refractivity contribution is 9.10. The first-order valence-corrected chi connectivity index (χ1v) is 15.0. The van der Waals surface area contributed by atoms with Crippen LogP contribution in [0.2, 0.25) is 0 Å². The standard InChI is InChI=1S/C30H39BrN4O6/c1-17-23-20(18-9-12-38-13-10-18)8-11-32-26(23)35(28(37)41-30(5,6)7)22-14-21(33-25(31)24(22)39-17)19-15-34(16-19)27(36)40-29(2,3)4/h8,11,14,17-19H,9-10,12-13,15-16H2,1-7H3. The predicted molar refractivity (Wildman–Crippen MR) is 157 cm³/mol. The molecule has 5 heterocycles. The van der Waals surface area contributed by atoms with E-state index in [-0.39, 0.29) is 17.9 Å². The van der Waals surface area contributed by atoms with Gasteiger partial charge in [0.2, 0.25) is 0 Å². The van der Waals surface area contributed by atoms with Gasteiger partial charge in [-0.15, -0.1) is 0 Å². The van der Waals surface area contributed by atoms with Crippen LogP contribution in [-0.4, -0.2) is 64.6 Å². The van der Waals surface area contributed by atoms with Gasteiger partial charge in [-0.1, -0.05) is 0 Å². The Balaban J connectivity index is 1.56. The second-order valence-corrected chi connectivity index (χ2v) is 13.6. The number of hydrogen-bond donors (Lipinski definition) is 0. The third kappa shape index (κ3) is 6.30. The molecule has 3 aliphatic rings. The van der Waals surface area contributed by atoms with Gasteiger partial charge >= 0.3 is 12.2 Å². The highest BCUT2D eigenvalue weighted by Crippen LogP contribution is 2.49. The molecule has 5 rings (SSSR count). The first-order chi connectivity index (χ1) is 19.2. The van der Waals surface area contributed by atoms with E-state index in [2.05, 4.69) is 15.9 Å². The van der Waals surface area contributed by atoms with Crippen LogP contribution in [0, 0.1) is 0 Å². The van der Waals surface area contributed by atoms with E-state index in [1.807, 2.05) is 60.6 Å². The van der Waals surface area contributed by atoms with Crippen molar-refractivity contribution < 1.29 is 28.5 Å². The first-order valence-electron chi connectivity index (χ1n) is 14.2. The van der Waals surface area contributed by atoms with E-state index in [1.165, 1.54) is 4.90 Å². The molecule has 222 valence electrons. The van der Waals surface area contributed by atoms with E-state index in [9.17, 15) is 9.59 Å². The minimum atomic E-state index is -0.733. The Bertz CT molecular complexity index is 1330. The maximum atomic E-state index is 13.9. The topological polar surface area (TPSA) is 103 Å². The van der Waals surface area contributed by atoms with E-state index in [0.717, 1.165) is 29.7 Å². The fourth-order valence-corrected chi connectivity index (χ4v) is 5.91. The summed E-state index contributed by atoms with van der Waals surface area (Å²) in [4.78, 5) is 39.2. The lowest BCUT2D eigenvalue weighted by atomic mass is 9.87. The summed E-state index contributed by atoms with van der Waals surface area (Å²) in [6.07, 6.45) is 2.21. The van der Waals surface area contributed by atoms with E-state index < -0.39 is 23.4 Å². The van der Waals surface area contributed by atoms with Crippen molar-refractivity contribution in [3.8, 4) is 5.75 Å². The minimum Gasteiger partial charge on any atom is -0.481 e. The van der Waals surface area contributed by atoms with Crippen molar-refractivity contribution in [2.45, 2.75) is 90.4 Å². The fourth-order valence-electron chi connectivity index (χ4n) is 5.41. The number of ether oxygens (including phenoxy) is 4. The molecule has 0 spiro atoms. The van der Waals surface area contributed by atoms with Crippen molar-refractivity contribution in [2.75, 3.05) is 31.2 Å². The van der Waals surface area contributed by atoms with Gasteiger partial charge in [-0.05, 0) is 101 Å². The molecule has 3 aliphatic heterocycles. The van der Waals surface area contributed by atoms with Gasteiger partial charge in [-0.3, -0.25) is 0 Å². The molecule has 0 aliphatic carbocycles. The lowest BCUT2D eigenvalue weighted by molar-refractivity contribution is 0.00784. The smallest absolute Gasteiger partial charge is 0.420 e. The summed E-state index contributed by atoms with van der Waals surface area (Å²) < 4.78 is 24.1. The Hall–Kier alpha value is -2.92. The van der Waals surface area contributed by atoms with Crippen LogP contribution in [0.5, 0.6) is 5.75 Å². The molecule has 0 radical (unpaired) electrons. The lowest BCUT2D eigenvalue weighted by Crippen LogP contribution is -2.50. The normalized spacial score (nSPS) is 19.9. The number of rotatable bonds is 2. The summed E-state index contributed by atoms with van der Waals surface area (Å²) in [5, 5.41) is 0. The number of anilines is 2. The zero-order valence-electron chi connectivity index (χ0n) is 24.8. The van der Waals surface area contributed by atoms with Crippen molar-refractivity contribution in [3.63, 3.8) is 0 Å². The number of halogens is 1. The van der Waals surface area contributed by atoms with Gasteiger partial charge in [0, 0.05) is 44.0 Å². The van der Waals surface area contributed by atoms with Gasteiger partial charge in [-0.25, -0.2) is 24.5 Å². The van der Waals surface area contributed by atoms with Gasteiger partial charge in [0.15, 0.2) is 10.4 Å². The Kier molecular flexibility index (Phi) is 7.97. The van der Waals surface area contributed by atoms with Crippen LogP contribution in [0.15, 0.2) is 22.9 Å². The Labute approximate surface area is 249 Å². The predicted octanol–water partition coefficient (Wildman–Crippen LogP) is 6.99. The zero-order valence-corrected chi connectivity index (χ0v) is 26.4. The van der Waals surface area contributed by atoms with Crippen LogP contribution < -0.4 is 9.64 Å². The molecule has 0 N–H and O–H groups in total. The minimum absolute atomic E-state index is 0.0358. The summed E-state index contributed by atoms with van der Waals surface area (Å²) in [7, 11) is 0. The lowest BCUT2D eigenvalue weighted by Gasteiger charge is -2.39. The second kappa shape index (κ2) is 11.1. The van der Waals surface area contributed by atoms with Gasteiger partial charge in [0.05, 0.1) is 5.69 Å². The molecule has 2 saturated heterocycles. The number of aromatic nitrogens is 2. The third-order valence-electron chi connectivity index (χ3n) is 7.28. The fraction of sp³-hybridized carbons (Fsp3) is 0.600. The van der Waals surface area contributed by atoms with Gasteiger partial charge in [-0.2, -0.15) is 0 Å². The monoisotopic (exact) mass is 630 g/mol.